The van der Waals surface area contributed by atoms with Crippen LogP contribution in [-0.2, 0) is 0 Å². The number of halogens is 1. The van der Waals surface area contributed by atoms with Crippen molar-refractivity contribution in [1.82, 2.24) is 10.4 Å². The van der Waals surface area contributed by atoms with Crippen molar-refractivity contribution in [3.05, 3.63) is 63.8 Å². The number of carbonyl (C=O) groups is 1. The molecule has 3 aromatic rings. The highest BCUT2D eigenvalue weighted by atomic mass is 35.5. The minimum absolute atomic E-state index is 0.316. The fourth-order valence-corrected chi connectivity index (χ4v) is 3.64. The number of rotatable bonds is 3. The van der Waals surface area contributed by atoms with Crippen LogP contribution >= 0.6 is 22.9 Å². The second-order valence-corrected chi connectivity index (χ2v) is 6.53. The smallest absolute Gasteiger partial charge is 0.266 e. The lowest BCUT2D eigenvalue weighted by molar-refractivity contribution is 0.0959. The van der Waals surface area contributed by atoms with E-state index in [4.69, 9.17) is 11.6 Å². The van der Waals surface area contributed by atoms with Crippen LogP contribution < -0.4 is 5.43 Å². The molecular formula is C17H14ClN3OS. The van der Waals surface area contributed by atoms with Gasteiger partial charge in [-0.2, -0.15) is 5.10 Å². The van der Waals surface area contributed by atoms with Gasteiger partial charge in [0.15, 0.2) is 0 Å². The summed E-state index contributed by atoms with van der Waals surface area (Å²) in [5.74, 6) is -0.316. The SMILES string of the molecule is C/C(=N/NC(=O)c1sc2cc(C)ccc2c1Cl)c1ccccn1. The van der Waals surface area contributed by atoms with Crippen molar-refractivity contribution in [1.29, 1.82) is 0 Å². The summed E-state index contributed by atoms with van der Waals surface area (Å²) in [5, 5.41) is 5.45. The molecule has 0 saturated heterocycles. The topological polar surface area (TPSA) is 54.4 Å². The van der Waals surface area contributed by atoms with E-state index in [2.05, 4.69) is 15.5 Å². The van der Waals surface area contributed by atoms with Crippen LogP contribution in [-0.4, -0.2) is 16.6 Å². The van der Waals surface area contributed by atoms with Gasteiger partial charge in [-0.05, 0) is 37.6 Å². The van der Waals surface area contributed by atoms with Crippen LogP contribution in [0.2, 0.25) is 5.02 Å². The lowest BCUT2D eigenvalue weighted by atomic mass is 10.2. The van der Waals surface area contributed by atoms with Crippen LogP contribution in [0.4, 0.5) is 0 Å². The van der Waals surface area contributed by atoms with Crippen LogP contribution in [0.1, 0.15) is 27.9 Å². The summed E-state index contributed by atoms with van der Waals surface area (Å²) < 4.78 is 0.991. The first-order valence-electron chi connectivity index (χ1n) is 7.01. The summed E-state index contributed by atoms with van der Waals surface area (Å²) in [6.07, 6.45) is 1.68. The monoisotopic (exact) mass is 343 g/mol. The van der Waals surface area contributed by atoms with Crippen molar-refractivity contribution in [3.8, 4) is 0 Å². The lowest BCUT2D eigenvalue weighted by Crippen LogP contribution is -2.18. The molecule has 0 aliphatic heterocycles. The maximum Gasteiger partial charge on any atom is 0.283 e. The van der Waals surface area contributed by atoms with Crippen molar-refractivity contribution in [2.75, 3.05) is 0 Å². The molecule has 2 heterocycles. The molecule has 0 atom stereocenters. The number of hydrogen-bond donors (Lipinski definition) is 1. The average Bonchev–Trinajstić information content (AvgIpc) is 2.89. The Morgan fingerprint density at radius 2 is 2.13 bits per heavy atom. The lowest BCUT2D eigenvalue weighted by Gasteiger charge is -2.01. The predicted molar refractivity (Wildman–Crippen MR) is 95.5 cm³/mol. The Balaban J connectivity index is 1.85. The molecule has 2 aromatic heterocycles. The molecule has 0 unspecified atom stereocenters. The highest BCUT2D eigenvalue weighted by Gasteiger charge is 2.17. The Labute approximate surface area is 142 Å². The molecule has 0 bridgehead atoms. The predicted octanol–water partition coefficient (Wildman–Crippen LogP) is 4.41. The minimum Gasteiger partial charge on any atom is -0.266 e. The number of thiophene rings is 1. The molecule has 1 aromatic carbocycles. The maximum atomic E-state index is 12.3. The van der Waals surface area contributed by atoms with Gasteiger partial charge in [0.05, 0.1) is 16.4 Å². The highest BCUT2D eigenvalue weighted by molar-refractivity contribution is 7.21. The van der Waals surface area contributed by atoms with Crippen molar-refractivity contribution >= 4 is 44.6 Å². The van der Waals surface area contributed by atoms with E-state index in [-0.39, 0.29) is 5.91 Å². The van der Waals surface area contributed by atoms with E-state index < -0.39 is 0 Å². The molecular weight excluding hydrogens is 330 g/mol. The number of fused-ring (bicyclic) bond motifs is 1. The van der Waals surface area contributed by atoms with Gasteiger partial charge >= 0.3 is 0 Å². The van der Waals surface area contributed by atoms with Crippen molar-refractivity contribution < 1.29 is 4.79 Å². The summed E-state index contributed by atoms with van der Waals surface area (Å²) in [6, 6.07) is 11.5. The van der Waals surface area contributed by atoms with E-state index in [1.165, 1.54) is 11.3 Å². The van der Waals surface area contributed by atoms with Gasteiger partial charge in [-0.25, -0.2) is 5.43 Å². The molecule has 6 heteroatoms. The Morgan fingerprint density at radius 3 is 2.87 bits per heavy atom. The zero-order valence-corrected chi connectivity index (χ0v) is 14.2. The standard InChI is InChI=1S/C17H14ClN3OS/c1-10-6-7-12-14(9-10)23-16(15(12)18)17(22)21-20-11(2)13-5-3-4-8-19-13/h3-9H,1-2H3,(H,21,22)/b20-11-. The molecule has 1 N–H and O–H groups in total. The fraction of sp³-hybridized carbons (Fsp3) is 0.118. The minimum atomic E-state index is -0.316. The van der Waals surface area contributed by atoms with Crippen LogP contribution in [0.3, 0.4) is 0 Å². The number of nitrogens with one attached hydrogen (secondary N) is 1. The third-order valence-electron chi connectivity index (χ3n) is 3.35. The normalized spacial score (nSPS) is 11.7. The zero-order chi connectivity index (χ0) is 16.4. The average molecular weight is 344 g/mol. The summed E-state index contributed by atoms with van der Waals surface area (Å²) >= 11 is 7.69. The largest absolute Gasteiger partial charge is 0.283 e. The first kappa shape index (κ1) is 15.6. The number of amides is 1. The van der Waals surface area contributed by atoms with Gasteiger partial charge in [0.25, 0.3) is 5.91 Å². The molecule has 23 heavy (non-hydrogen) atoms. The number of benzene rings is 1. The van der Waals surface area contributed by atoms with Crippen molar-refractivity contribution in [2.24, 2.45) is 5.10 Å². The summed E-state index contributed by atoms with van der Waals surface area (Å²) in [7, 11) is 0. The zero-order valence-electron chi connectivity index (χ0n) is 12.6. The number of hydrogen-bond acceptors (Lipinski definition) is 4. The van der Waals surface area contributed by atoms with E-state index in [0.717, 1.165) is 15.6 Å². The molecule has 4 nitrogen and oxygen atoms in total. The second kappa shape index (κ2) is 6.48. The van der Waals surface area contributed by atoms with Crippen molar-refractivity contribution in [2.45, 2.75) is 13.8 Å². The molecule has 0 spiro atoms. The van der Waals surface area contributed by atoms with Crippen LogP contribution in [0.25, 0.3) is 10.1 Å². The first-order valence-corrected chi connectivity index (χ1v) is 8.20. The van der Waals surface area contributed by atoms with Gasteiger partial charge in [-0.1, -0.05) is 29.8 Å². The van der Waals surface area contributed by atoms with Gasteiger partial charge < -0.3 is 0 Å². The van der Waals surface area contributed by atoms with Gasteiger partial charge in [-0.3, -0.25) is 9.78 Å². The van der Waals surface area contributed by atoms with Crippen molar-refractivity contribution in [3.63, 3.8) is 0 Å². The number of hydrazone groups is 1. The molecule has 0 radical (unpaired) electrons. The van der Waals surface area contributed by atoms with E-state index >= 15 is 0 Å². The number of aryl methyl sites for hydroxylation is 1. The highest BCUT2D eigenvalue weighted by Crippen LogP contribution is 2.35. The number of pyridine rings is 1. The molecule has 116 valence electrons. The third-order valence-corrected chi connectivity index (χ3v) is 5.01. The first-order chi connectivity index (χ1) is 11.1. The number of aromatic nitrogens is 1. The summed E-state index contributed by atoms with van der Waals surface area (Å²) in [5.41, 5.74) is 5.02. The molecule has 0 fully saturated rings. The fourth-order valence-electron chi connectivity index (χ4n) is 2.14. The van der Waals surface area contributed by atoms with E-state index in [0.29, 0.717) is 21.3 Å². The van der Waals surface area contributed by atoms with Crippen LogP contribution in [0, 0.1) is 6.92 Å². The van der Waals surface area contributed by atoms with Crippen LogP contribution in [0.15, 0.2) is 47.7 Å². The Morgan fingerprint density at radius 1 is 1.30 bits per heavy atom. The van der Waals surface area contributed by atoms with Crippen LogP contribution in [0.5, 0.6) is 0 Å². The molecule has 0 aliphatic carbocycles. The number of nitrogens with zero attached hydrogens (tertiary/aromatic N) is 2. The van der Waals surface area contributed by atoms with E-state index in [9.17, 15) is 4.79 Å². The summed E-state index contributed by atoms with van der Waals surface area (Å²) in [6.45, 7) is 3.80. The van der Waals surface area contributed by atoms with E-state index in [1.54, 1.807) is 13.1 Å². The Kier molecular flexibility index (Phi) is 4.41. The number of carbonyl (C=O) groups excluding carboxylic acids is 1. The molecule has 1 amide bonds. The van der Waals surface area contributed by atoms with Gasteiger partial charge in [-0.15, -0.1) is 11.3 Å². The second-order valence-electron chi connectivity index (χ2n) is 5.10. The van der Waals surface area contributed by atoms with E-state index in [1.807, 2.05) is 43.3 Å². The van der Waals surface area contributed by atoms with Gasteiger partial charge in [0.2, 0.25) is 0 Å². The van der Waals surface area contributed by atoms with Gasteiger partial charge in [0.1, 0.15) is 4.88 Å². The third kappa shape index (κ3) is 3.25. The quantitative estimate of drug-likeness (QED) is 0.565. The van der Waals surface area contributed by atoms with Gasteiger partial charge in [0, 0.05) is 16.3 Å². The Bertz CT molecular complexity index is 903. The molecule has 0 saturated carbocycles. The molecule has 0 aliphatic rings. The Hall–Kier alpha value is -2.24. The molecule has 3 rings (SSSR count). The maximum absolute atomic E-state index is 12.3. The summed E-state index contributed by atoms with van der Waals surface area (Å²) in [4.78, 5) is 17.0.